The van der Waals surface area contributed by atoms with Crippen LogP contribution in [0.1, 0.15) is 36.9 Å². The molecular weight excluding hydrogens is 357 g/mol. The van der Waals surface area contributed by atoms with Crippen LogP contribution in [-0.4, -0.2) is 15.7 Å². The van der Waals surface area contributed by atoms with Crippen molar-refractivity contribution in [1.29, 1.82) is 0 Å². The number of rotatable bonds is 4. The van der Waals surface area contributed by atoms with Crippen molar-refractivity contribution in [2.75, 3.05) is 0 Å². The molecule has 6 heteroatoms. The maximum atomic E-state index is 14.5. The molecule has 0 spiro atoms. The maximum absolute atomic E-state index is 14.5. The van der Waals surface area contributed by atoms with E-state index in [2.05, 4.69) is 10.4 Å². The second kappa shape index (κ2) is 7.19. The molecule has 5 nitrogen and oxygen atoms in total. The third kappa shape index (κ3) is 3.19. The van der Waals surface area contributed by atoms with Gasteiger partial charge in [0.1, 0.15) is 5.82 Å². The van der Waals surface area contributed by atoms with Crippen LogP contribution >= 0.6 is 0 Å². The molecule has 1 heterocycles. The number of aromatic nitrogens is 2. The second-order valence-corrected chi connectivity index (χ2v) is 7.42. The van der Waals surface area contributed by atoms with Crippen LogP contribution in [0.5, 0.6) is 0 Å². The zero-order valence-electron chi connectivity index (χ0n) is 15.7. The molecule has 2 aromatic carbocycles. The summed E-state index contributed by atoms with van der Waals surface area (Å²) >= 11 is 0. The summed E-state index contributed by atoms with van der Waals surface area (Å²) in [5, 5.41) is 8.60. The molecule has 3 aromatic rings. The van der Waals surface area contributed by atoms with Crippen molar-refractivity contribution in [3.63, 3.8) is 0 Å². The van der Waals surface area contributed by atoms with Crippen molar-refractivity contribution >= 4 is 16.7 Å². The minimum atomic E-state index is -0.682. The number of carbonyl (C=O) groups is 1. The van der Waals surface area contributed by atoms with E-state index in [0.29, 0.717) is 34.9 Å². The lowest BCUT2D eigenvalue weighted by molar-refractivity contribution is -0.122. The highest BCUT2D eigenvalue weighted by molar-refractivity contribution is 5.88. The summed E-state index contributed by atoms with van der Waals surface area (Å²) in [4.78, 5) is 25.2. The molecule has 0 aliphatic heterocycles. The number of nitrogens with zero attached hydrogens (tertiary/aromatic N) is 2. The number of halogens is 1. The predicted molar refractivity (Wildman–Crippen MR) is 105 cm³/mol. The molecule has 28 heavy (non-hydrogen) atoms. The number of hydrogen-bond donors (Lipinski definition) is 1. The number of benzene rings is 2. The summed E-state index contributed by atoms with van der Waals surface area (Å²) < 4.78 is 15.7. The molecule has 0 saturated heterocycles. The van der Waals surface area contributed by atoms with Crippen molar-refractivity contribution in [2.45, 2.75) is 37.6 Å². The largest absolute Gasteiger partial charge is 0.346 e. The van der Waals surface area contributed by atoms with E-state index in [1.807, 2.05) is 6.07 Å². The van der Waals surface area contributed by atoms with E-state index in [4.69, 9.17) is 0 Å². The third-order valence-electron chi connectivity index (χ3n) is 5.59. The molecule has 1 amide bonds. The number of fused-ring (bicyclic) bond motifs is 1. The van der Waals surface area contributed by atoms with E-state index in [1.165, 1.54) is 10.7 Å². The van der Waals surface area contributed by atoms with Crippen molar-refractivity contribution in [3.8, 4) is 0 Å². The third-order valence-corrected chi connectivity index (χ3v) is 5.59. The summed E-state index contributed by atoms with van der Waals surface area (Å²) in [6.45, 7) is 0. The molecule has 1 aliphatic rings. The maximum Gasteiger partial charge on any atom is 0.274 e. The molecule has 1 saturated carbocycles. The van der Waals surface area contributed by atoms with Crippen LogP contribution in [-0.2, 0) is 23.8 Å². The molecule has 1 fully saturated rings. The van der Waals surface area contributed by atoms with E-state index >= 15 is 0 Å². The molecule has 1 aromatic heterocycles. The monoisotopic (exact) mass is 379 g/mol. The first kappa shape index (κ1) is 18.3. The molecule has 144 valence electrons. The Morgan fingerprint density at radius 3 is 2.46 bits per heavy atom. The first-order valence-electron chi connectivity index (χ1n) is 9.51. The van der Waals surface area contributed by atoms with Crippen molar-refractivity contribution in [2.24, 2.45) is 7.05 Å². The van der Waals surface area contributed by atoms with Crippen LogP contribution in [0, 0.1) is 5.82 Å². The van der Waals surface area contributed by atoms with E-state index in [1.54, 1.807) is 43.4 Å². The van der Waals surface area contributed by atoms with Gasteiger partial charge in [-0.2, -0.15) is 5.10 Å². The van der Waals surface area contributed by atoms with Gasteiger partial charge in [0.2, 0.25) is 5.91 Å². The fourth-order valence-corrected chi connectivity index (χ4v) is 4.26. The molecule has 1 N–H and O–H groups in total. The van der Waals surface area contributed by atoms with Gasteiger partial charge in [0.05, 0.1) is 23.0 Å². The Bertz CT molecular complexity index is 1100. The lowest BCUT2D eigenvalue weighted by Crippen LogP contribution is -2.45. The van der Waals surface area contributed by atoms with Crippen molar-refractivity contribution < 1.29 is 9.18 Å². The lowest BCUT2D eigenvalue weighted by atomic mass is 9.87. The Labute approximate surface area is 162 Å². The molecule has 4 rings (SSSR count). The summed E-state index contributed by atoms with van der Waals surface area (Å²) in [5.41, 5.74) is 0.202. The first-order chi connectivity index (χ1) is 13.5. The number of amides is 1. The quantitative estimate of drug-likeness (QED) is 0.757. The Balaban J connectivity index is 1.66. The Morgan fingerprint density at radius 1 is 1.11 bits per heavy atom. The van der Waals surface area contributed by atoms with Gasteiger partial charge < -0.3 is 5.32 Å². The topological polar surface area (TPSA) is 64.0 Å². The zero-order valence-corrected chi connectivity index (χ0v) is 15.7. The van der Waals surface area contributed by atoms with Gasteiger partial charge >= 0.3 is 0 Å². The van der Waals surface area contributed by atoms with Crippen LogP contribution in [0.25, 0.3) is 10.8 Å². The van der Waals surface area contributed by atoms with Crippen molar-refractivity contribution in [1.82, 2.24) is 15.1 Å². The summed E-state index contributed by atoms with van der Waals surface area (Å²) in [5.74, 6) is -0.517. The fourth-order valence-electron chi connectivity index (χ4n) is 4.26. The SMILES string of the molecule is Cn1nc(CC(=O)NC2(c3ccccc3F)CCCC2)c2ccccc2c1=O. The molecule has 0 unspecified atom stereocenters. The van der Waals surface area contributed by atoms with E-state index in [-0.39, 0.29) is 23.7 Å². The number of hydrogen-bond acceptors (Lipinski definition) is 3. The van der Waals surface area contributed by atoms with Gasteiger partial charge in [0.25, 0.3) is 5.56 Å². The normalized spacial score (nSPS) is 15.6. The standard InChI is InChI=1S/C22H22FN3O2/c1-26-21(28)16-9-3-2-8-15(16)19(25-26)14-20(27)24-22(12-6-7-13-22)17-10-4-5-11-18(17)23/h2-5,8-11H,6-7,12-14H2,1H3,(H,24,27). The molecule has 0 atom stereocenters. The van der Waals surface area contributed by atoms with Gasteiger partial charge in [-0.15, -0.1) is 0 Å². The van der Waals surface area contributed by atoms with Gasteiger partial charge in [0, 0.05) is 18.0 Å². The van der Waals surface area contributed by atoms with Crippen molar-refractivity contribution in [3.05, 3.63) is 76.0 Å². The molecule has 1 aliphatic carbocycles. The highest BCUT2D eigenvalue weighted by Crippen LogP contribution is 2.39. The Morgan fingerprint density at radius 2 is 1.75 bits per heavy atom. The number of carbonyl (C=O) groups excluding carboxylic acids is 1. The average molecular weight is 379 g/mol. The number of nitrogens with one attached hydrogen (secondary N) is 1. The summed E-state index contributed by atoms with van der Waals surface area (Å²) in [6, 6.07) is 13.8. The molecule has 0 radical (unpaired) electrons. The van der Waals surface area contributed by atoms with E-state index in [0.717, 1.165) is 12.8 Å². The Kier molecular flexibility index (Phi) is 4.71. The van der Waals surface area contributed by atoms with Gasteiger partial charge in [-0.3, -0.25) is 9.59 Å². The van der Waals surface area contributed by atoms with Gasteiger partial charge in [-0.05, 0) is 25.0 Å². The predicted octanol–water partition coefficient (Wildman–Crippen LogP) is 3.20. The first-order valence-corrected chi connectivity index (χ1v) is 9.51. The molecular formula is C22H22FN3O2. The van der Waals surface area contributed by atoms with Crippen LogP contribution in [0.4, 0.5) is 4.39 Å². The highest BCUT2D eigenvalue weighted by Gasteiger charge is 2.39. The van der Waals surface area contributed by atoms with Crippen LogP contribution in [0.3, 0.4) is 0 Å². The Hall–Kier alpha value is -3.02. The van der Waals surface area contributed by atoms with Gasteiger partial charge in [0.15, 0.2) is 0 Å². The van der Waals surface area contributed by atoms with Gasteiger partial charge in [-0.1, -0.05) is 49.2 Å². The second-order valence-electron chi connectivity index (χ2n) is 7.42. The lowest BCUT2D eigenvalue weighted by Gasteiger charge is -2.31. The minimum Gasteiger partial charge on any atom is -0.346 e. The van der Waals surface area contributed by atoms with Crippen LogP contribution < -0.4 is 10.9 Å². The smallest absolute Gasteiger partial charge is 0.274 e. The zero-order chi connectivity index (χ0) is 19.7. The van der Waals surface area contributed by atoms with Gasteiger partial charge in [-0.25, -0.2) is 9.07 Å². The average Bonchev–Trinajstić information content (AvgIpc) is 3.15. The summed E-state index contributed by atoms with van der Waals surface area (Å²) in [6.07, 6.45) is 3.33. The van der Waals surface area contributed by atoms with Crippen LogP contribution in [0.15, 0.2) is 53.3 Å². The fraction of sp³-hybridized carbons (Fsp3) is 0.318. The van der Waals surface area contributed by atoms with Crippen LogP contribution in [0.2, 0.25) is 0 Å². The number of aryl methyl sites for hydroxylation is 1. The molecule has 0 bridgehead atoms. The van der Waals surface area contributed by atoms with E-state index in [9.17, 15) is 14.0 Å². The minimum absolute atomic E-state index is 0.0326. The highest BCUT2D eigenvalue weighted by atomic mass is 19.1. The summed E-state index contributed by atoms with van der Waals surface area (Å²) in [7, 11) is 1.58. The van der Waals surface area contributed by atoms with E-state index < -0.39 is 5.54 Å².